The molecule has 0 aliphatic rings. The molecule has 1 rings (SSSR count). The Balaban J connectivity index is 3.28. The van der Waals surface area contributed by atoms with E-state index in [-0.39, 0.29) is 31.5 Å². The van der Waals surface area contributed by atoms with Crippen LogP contribution in [0.2, 0.25) is 0 Å². The first-order valence-electron chi connectivity index (χ1n) is 10.4. The summed E-state index contributed by atoms with van der Waals surface area (Å²) in [7, 11) is 4.97. The van der Waals surface area contributed by atoms with E-state index in [0.717, 1.165) is 5.06 Å². The summed E-state index contributed by atoms with van der Waals surface area (Å²) < 4.78 is 38.3. The van der Waals surface area contributed by atoms with Gasteiger partial charge in [-0.15, -0.1) is 0 Å². The van der Waals surface area contributed by atoms with Gasteiger partial charge in [-0.3, -0.25) is 25.5 Å². The van der Waals surface area contributed by atoms with E-state index in [1.165, 1.54) is 25.1 Å². The zero-order valence-corrected chi connectivity index (χ0v) is 19.4. The molecule has 192 valence electrons. The minimum absolute atomic E-state index is 0.0779. The second-order valence-corrected chi connectivity index (χ2v) is 7.28. The number of hydroxylamine groups is 1. The number of anilines is 2. The number of nitrogens with one attached hydrogen (secondary N) is 4. The Bertz CT molecular complexity index is 855. The molecule has 0 saturated heterocycles. The van der Waals surface area contributed by atoms with Crippen LogP contribution in [0.3, 0.4) is 0 Å². The average molecular weight is 492 g/mol. The number of carboxylic acids is 1. The average Bonchev–Trinajstić information content (AvgIpc) is 2.79. The number of carbonyl (C=O) groups excluding carboxylic acids is 2. The van der Waals surface area contributed by atoms with Crippen molar-refractivity contribution < 1.29 is 37.5 Å². The summed E-state index contributed by atoms with van der Waals surface area (Å²) in [4.78, 5) is 39.0. The molecule has 0 aliphatic carbocycles. The van der Waals surface area contributed by atoms with Crippen LogP contribution in [0.25, 0.3) is 0 Å². The largest absolute Gasteiger partial charge is 0.493 e. The van der Waals surface area contributed by atoms with E-state index in [9.17, 15) is 27.6 Å². The summed E-state index contributed by atoms with van der Waals surface area (Å²) in [6.45, 7) is 1.43. The Labute approximate surface area is 195 Å². The molecule has 0 radical (unpaired) electrons. The van der Waals surface area contributed by atoms with Crippen LogP contribution in [-0.2, 0) is 25.6 Å². The number of rotatable bonds is 13. The minimum atomic E-state index is -5.18. The van der Waals surface area contributed by atoms with Gasteiger partial charge in [0.1, 0.15) is 11.8 Å². The van der Waals surface area contributed by atoms with Crippen LogP contribution in [0.15, 0.2) is 18.2 Å². The molecule has 0 spiro atoms. The number of nitrogens with two attached hydrogens (primary N) is 1. The van der Waals surface area contributed by atoms with Crippen LogP contribution in [0.1, 0.15) is 25.3 Å². The highest BCUT2D eigenvalue weighted by Gasteiger charge is 2.43. The molecule has 14 heteroatoms. The van der Waals surface area contributed by atoms with Crippen molar-refractivity contribution in [1.82, 2.24) is 16.0 Å². The lowest BCUT2D eigenvalue weighted by Crippen LogP contribution is -2.64. The van der Waals surface area contributed by atoms with E-state index in [2.05, 4.69) is 26.1 Å². The highest BCUT2D eigenvalue weighted by Crippen LogP contribution is 2.29. The Kier molecular flexibility index (Phi) is 10.7. The van der Waals surface area contributed by atoms with Crippen molar-refractivity contribution in [3.05, 3.63) is 23.8 Å². The van der Waals surface area contributed by atoms with Crippen LogP contribution in [-0.4, -0.2) is 68.6 Å². The monoisotopic (exact) mass is 492 g/mol. The van der Waals surface area contributed by atoms with E-state index in [1.807, 2.05) is 0 Å². The van der Waals surface area contributed by atoms with Crippen LogP contribution < -0.4 is 32.1 Å². The van der Waals surface area contributed by atoms with Crippen molar-refractivity contribution in [2.75, 3.05) is 38.1 Å². The normalized spacial score (nSPS) is 12.7. The first-order valence-corrected chi connectivity index (χ1v) is 10.4. The third kappa shape index (κ3) is 8.13. The van der Waals surface area contributed by atoms with Gasteiger partial charge in [-0.25, -0.2) is 9.86 Å². The molecule has 0 aliphatic heterocycles. The van der Waals surface area contributed by atoms with E-state index < -0.39 is 35.9 Å². The highest BCUT2D eigenvalue weighted by atomic mass is 19.4. The number of nitrogens with zero attached hydrogens (tertiary/aromatic N) is 1. The quantitative estimate of drug-likeness (QED) is 0.169. The van der Waals surface area contributed by atoms with Crippen molar-refractivity contribution in [1.29, 1.82) is 0 Å². The van der Waals surface area contributed by atoms with Gasteiger partial charge in [0.15, 0.2) is 0 Å². The standard InChI is InChI=1S/C20H31F3N6O5/c1-5-29(34-18(33)20(21,22)23)15-8-6-13(28-16(30)9-7-14(24)17(31)32)10-12(15)11-19(25-2,26-3)27-4/h6,8,10,14,25-27H,5,7,9,11,24H2,1-4H3,(H,28,30)(H,31,32)/t14-/m0/s1. The number of carboxylic acid groups (broad SMARTS) is 1. The van der Waals surface area contributed by atoms with Gasteiger partial charge < -0.3 is 21.0 Å². The van der Waals surface area contributed by atoms with Crippen molar-refractivity contribution in [2.24, 2.45) is 5.73 Å². The van der Waals surface area contributed by atoms with Gasteiger partial charge in [0.25, 0.3) is 0 Å². The summed E-state index contributed by atoms with van der Waals surface area (Å²) in [5, 5.41) is 21.3. The van der Waals surface area contributed by atoms with Crippen molar-refractivity contribution >= 4 is 29.2 Å². The van der Waals surface area contributed by atoms with E-state index in [4.69, 9.17) is 10.8 Å². The smallest absolute Gasteiger partial charge is 0.480 e. The van der Waals surface area contributed by atoms with Crippen LogP contribution in [0.5, 0.6) is 0 Å². The lowest BCUT2D eigenvalue weighted by Gasteiger charge is -2.35. The van der Waals surface area contributed by atoms with Gasteiger partial charge in [0.05, 0.1) is 12.2 Å². The molecule has 0 bridgehead atoms. The SMILES string of the molecule is CCN(OC(=O)C(F)(F)F)c1ccc(NC(=O)CC[C@H](N)C(=O)O)cc1CC(NC)(NC)NC. The maximum atomic E-state index is 12.8. The van der Waals surface area contributed by atoms with Crippen molar-refractivity contribution in [3.63, 3.8) is 0 Å². The number of carbonyl (C=O) groups is 3. The summed E-state index contributed by atoms with van der Waals surface area (Å²) in [5.41, 5.74) is 6.32. The number of alkyl halides is 3. The molecule has 0 heterocycles. The highest BCUT2D eigenvalue weighted by molar-refractivity contribution is 5.91. The van der Waals surface area contributed by atoms with Crippen molar-refractivity contribution in [3.8, 4) is 0 Å². The number of amides is 1. The third-order valence-corrected chi connectivity index (χ3v) is 5.08. The fraction of sp³-hybridized carbons (Fsp3) is 0.550. The second-order valence-electron chi connectivity index (χ2n) is 7.28. The number of hydrogen-bond acceptors (Lipinski definition) is 9. The number of benzene rings is 1. The Morgan fingerprint density at radius 2 is 1.74 bits per heavy atom. The molecule has 1 aromatic carbocycles. The summed E-state index contributed by atoms with van der Waals surface area (Å²) in [6, 6.07) is 3.17. The van der Waals surface area contributed by atoms with Gasteiger partial charge >= 0.3 is 18.1 Å². The van der Waals surface area contributed by atoms with Crippen LogP contribution in [0.4, 0.5) is 24.5 Å². The molecule has 1 aromatic rings. The van der Waals surface area contributed by atoms with Gasteiger partial charge in [-0.05, 0) is 58.3 Å². The number of aliphatic carboxylic acids is 1. The van der Waals surface area contributed by atoms with E-state index in [0.29, 0.717) is 11.3 Å². The van der Waals surface area contributed by atoms with E-state index in [1.54, 1.807) is 21.1 Å². The van der Waals surface area contributed by atoms with Gasteiger partial charge in [-0.2, -0.15) is 13.2 Å². The summed E-state index contributed by atoms with van der Waals surface area (Å²) in [5.74, 6) is -4.98. The lowest BCUT2D eigenvalue weighted by molar-refractivity contribution is -0.201. The summed E-state index contributed by atoms with van der Waals surface area (Å²) >= 11 is 0. The molecule has 0 fully saturated rings. The van der Waals surface area contributed by atoms with Gasteiger partial charge in [0, 0.05) is 18.5 Å². The molecule has 34 heavy (non-hydrogen) atoms. The molecular weight excluding hydrogens is 461 g/mol. The predicted molar refractivity (Wildman–Crippen MR) is 119 cm³/mol. The first-order chi connectivity index (χ1) is 15.8. The number of halogens is 3. The number of likely N-dealkylation sites (N-methyl/N-ethyl adjacent to an activating group) is 3. The third-order valence-electron chi connectivity index (χ3n) is 5.08. The predicted octanol–water partition coefficient (Wildman–Crippen LogP) is 0.519. The fourth-order valence-corrected chi connectivity index (χ4v) is 3.04. The van der Waals surface area contributed by atoms with E-state index >= 15 is 0 Å². The van der Waals surface area contributed by atoms with Gasteiger partial charge in [0.2, 0.25) is 5.91 Å². The maximum absolute atomic E-state index is 12.8. The van der Waals surface area contributed by atoms with Crippen LogP contribution >= 0.6 is 0 Å². The topological polar surface area (TPSA) is 158 Å². The molecule has 0 unspecified atom stereocenters. The Hall–Kier alpha value is -2.94. The Morgan fingerprint density at radius 1 is 1.15 bits per heavy atom. The molecule has 1 atom stereocenters. The first kappa shape index (κ1) is 29.1. The fourth-order valence-electron chi connectivity index (χ4n) is 3.04. The Morgan fingerprint density at radius 3 is 2.21 bits per heavy atom. The van der Waals surface area contributed by atoms with Crippen LogP contribution in [0, 0.1) is 0 Å². The molecular formula is C20H31F3N6O5. The maximum Gasteiger partial charge on any atom is 0.493 e. The zero-order chi connectivity index (χ0) is 26.1. The molecule has 7 N–H and O–H groups in total. The van der Waals surface area contributed by atoms with Crippen molar-refractivity contribution in [2.45, 2.75) is 44.2 Å². The molecule has 0 aromatic heterocycles. The molecule has 0 saturated carbocycles. The minimum Gasteiger partial charge on any atom is -0.480 e. The number of hydrogen-bond donors (Lipinski definition) is 6. The molecule has 1 amide bonds. The second kappa shape index (κ2) is 12.5. The lowest BCUT2D eigenvalue weighted by atomic mass is 10.0. The zero-order valence-electron chi connectivity index (χ0n) is 19.4. The summed E-state index contributed by atoms with van der Waals surface area (Å²) in [6.07, 6.45) is -5.25. The van der Waals surface area contributed by atoms with Gasteiger partial charge in [-0.1, -0.05) is 0 Å². The molecule has 11 nitrogen and oxygen atoms in total.